The summed E-state index contributed by atoms with van der Waals surface area (Å²) in [6, 6.07) is 1.29. The van der Waals surface area contributed by atoms with Gasteiger partial charge in [-0.1, -0.05) is 50.9 Å². The molecule has 0 saturated heterocycles. The molecule has 0 aliphatic heterocycles. The Hall–Kier alpha value is -0.800. The zero-order valence-electron chi connectivity index (χ0n) is 13.2. The molecule has 1 heterocycles. The van der Waals surface area contributed by atoms with Gasteiger partial charge in [0.25, 0.3) is 6.43 Å². The molecule has 0 amide bonds. The van der Waals surface area contributed by atoms with E-state index in [1.54, 1.807) is 0 Å². The summed E-state index contributed by atoms with van der Waals surface area (Å²) in [6.07, 6.45) is -0.776. The molecule has 0 bridgehead atoms. The first-order chi connectivity index (χ1) is 10.2. The molecule has 0 atom stereocenters. The van der Waals surface area contributed by atoms with Crippen LogP contribution in [-0.4, -0.2) is 4.98 Å². The number of rotatable bonds is 5. The van der Waals surface area contributed by atoms with E-state index in [2.05, 4.69) is 18.8 Å². The molecule has 1 aromatic carbocycles. The molecule has 2 rings (SSSR count). The lowest BCUT2D eigenvalue weighted by molar-refractivity contribution is 0.153. The van der Waals surface area contributed by atoms with Crippen LogP contribution in [0, 0.1) is 5.92 Å². The van der Waals surface area contributed by atoms with Crippen LogP contribution >= 0.6 is 23.2 Å². The molecule has 0 aliphatic rings. The highest BCUT2D eigenvalue weighted by molar-refractivity contribution is 6.45. The normalized spacial score (nSPS) is 12.3. The molecule has 0 saturated carbocycles. The number of H-pyrrole nitrogens is 1. The molecule has 2 aromatic rings. The van der Waals surface area contributed by atoms with Crippen LogP contribution in [0.3, 0.4) is 0 Å². The third-order valence-corrected chi connectivity index (χ3v) is 4.69. The number of aryl methyl sites for hydroxylation is 1. The van der Waals surface area contributed by atoms with Gasteiger partial charge in [-0.15, -0.1) is 0 Å². The number of fused-ring (bicyclic) bond motifs is 1. The monoisotopic (exact) mass is 347 g/mol. The Morgan fingerprint density at radius 2 is 1.77 bits per heavy atom. The van der Waals surface area contributed by atoms with Crippen LogP contribution in [0.15, 0.2) is 6.07 Å². The predicted molar refractivity (Wildman–Crippen MR) is 90.5 cm³/mol. The molecule has 5 heteroatoms. The second-order valence-electron chi connectivity index (χ2n) is 6.42. The zero-order chi connectivity index (χ0) is 16.6. The fourth-order valence-corrected chi connectivity index (χ4v) is 3.27. The minimum Gasteiger partial charge on any atom is -0.357 e. The van der Waals surface area contributed by atoms with Gasteiger partial charge in [0, 0.05) is 16.6 Å². The topological polar surface area (TPSA) is 15.8 Å². The van der Waals surface area contributed by atoms with Crippen molar-refractivity contribution in [3.8, 4) is 0 Å². The van der Waals surface area contributed by atoms with Crippen LogP contribution in [0.25, 0.3) is 10.9 Å². The third kappa shape index (κ3) is 3.26. The van der Waals surface area contributed by atoms with Gasteiger partial charge in [-0.05, 0) is 36.3 Å². The van der Waals surface area contributed by atoms with Gasteiger partial charge >= 0.3 is 0 Å². The van der Waals surface area contributed by atoms with Gasteiger partial charge in [-0.25, -0.2) is 8.78 Å². The largest absolute Gasteiger partial charge is 0.357 e. The van der Waals surface area contributed by atoms with E-state index in [0.717, 1.165) is 24.1 Å². The van der Waals surface area contributed by atoms with Gasteiger partial charge in [0.2, 0.25) is 0 Å². The van der Waals surface area contributed by atoms with Crippen molar-refractivity contribution in [3.05, 3.63) is 32.9 Å². The van der Waals surface area contributed by atoms with Gasteiger partial charge < -0.3 is 4.98 Å². The second kappa shape index (κ2) is 6.76. The molecule has 1 N–H and O–H groups in total. The van der Waals surface area contributed by atoms with E-state index in [0.29, 0.717) is 21.8 Å². The molecule has 0 fully saturated rings. The van der Waals surface area contributed by atoms with Crippen molar-refractivity contribution < 1.29 is 8.78 Å². The molecule has 0 radical (unpaired) electrons. The fraction of sp³-hybridized carbons (Fsp3) is 0.529. The molecule has 1 aromatic heterocycles. The predicted octanol–water partition coefficient (Wildman–Crippen LogP) is 7.12. The quantitative estimate of drug-likeness (QED) is 0.592. The smallest absolute Gasteiger partial charge is 0.264 e. The minimum atomic E-state index is -2.58. The summed E-state index contributed by atoms with van der Waals surface area (Å²) in [5.41, 5.74) is 2.42. The summed E-state index contributed by atoms with van der Waals surface area (Å²) in [6.45, 7) is 8.32. The summed E-state index contributed by atoms with van der Waals surface area (Å²) in [5, 5.41) is 1.02. The summed E-state index contributed by atoms with van der Waals surface area (Å²) in [7, 11) is 0. The highest BCUT2D eigenvalue weighted by Gasteiger charge is 2.24. The van der Waals surface area contributed by atoms with E-state index in [9.17, 15) is 8.78 Å². The number of aromatic amines is 1. The Bertz CT molecular complexity index is 675. The Kier molecular flexibility index (Phi) is 5.39. The van der Waals surface area contributed by atoms with Gasteiger partial charge in [0.05, 0.1) is 15.6 Å². The van der Waals surface area contributed by atoms with E-state index < -0.39 is 6.43 Å². The number of hydrogen-bond acceptors (Lipinski definition) is 0. The van der Waals surface area contributed by atoms with Crippen molar-refractivity contribution in [1.82, 2.24) is 4.98 Å². The first-order valence-electron chi connectivity index (χ1n) is 7.54. The average molecular weight is 348 g/mol. The number of benzene rings is 1. The summed E-state index contributed by atoms with van der Waals surface area (Å²) < 4.78 is 26.9. The Morgan fingerprint density at radius 3 is 2.27 bits per heavy atom. The maximum absolute atomic E-state index is 13.5. The van der Waals surface area contributed by atoms with Crippen molar-refractivity contribution >= 4 is 34.1 Å². The second-order valence-corrected chi connectivity index (χ2v) is 7.20. The first kappa shape index (κ1) is 17.6. The Balaban J connectivity index is 2.75. The van der Waals surface area contributed by atoms with Crippen LogP contribution in [0.4, 0.5) is 8.78 Å². The van der Waals surface area contributed by atoms with Crippen molar-refractivity contribution in [2.75, 3.05) is 0 Å². The molecule has 0 unspecified atom stereocenters. The van der Waals surface area contributed by atoms with Crippen molar-refractivity contribution in [3.63, 3.8) is 0 Å². The van der Waals surface area contributed by atoms with E-state index in [4.69, 9.17) is 23.2 Å². The maximum Gasteiger partial charge on any atom is 0.264 e. The third-order valence-electron chi connectivity index (χ3n) is 3.90. The first-order valence-corrected chi connectivity index (χ1v) is 8.30. The van der Waals surface area contributed by atoms with Crippen molar-refractivity contribution in [1.29, 1.82) is 0 Å². The maximum atomic E-state index is 13.5. The van der Waals surface area contributed by atoms with Crippen molar-refractivity contribution in [2.45, 2.75) is 52.9 Å². The van der Waals surface area contributed by atoms with Gasteiger partial charge in [0.15, 0.2) is 0 Å². The molecular weight excluding hydrogens is 327 g/mol. The number of nitrogens with one attached hydrogen (secondary N) is 1. The highest BCUT2D eigenvalue weighted by Crippen LogP contribution is 2.42. The number of alkyl halides is 2. The highest BCUT2D eigenvalue weighted by atomic mass is 35.5. The number of halogens is 4. The lowest BCUT2D eigenvalue weighted by Gasteiger charge is -2.12. The number of aromatic nitrogens is 1. The van der Waals surface area contributed by atoms with E-state index in [-0.39, 0.29) is 16.5 Å². The lowest BCUT2D eigenvalue weighted by Crippen LogP contribution is -1.98. The van der Waals surface area contributed by atoms with Crippen LogP contribution < -0.4 is 0 Å². The fourth-order valence-electron chi connectivity index (χ4n) is 2.86. The van der Waals surface area contributed by atoms with Crippen molar-refractivity contribution in [2.24, 2.45) is 5.92 Å². The average Bonchev–Trinajstić information content (AvgIpc) is 2.79. The number of hydrogen-bond donors (Lipinski definition) is 1. The Labute approximate surface area is 140 Å². The standard InChI is InChI=1S/C17H21Cl2F2N/c1-8(2)5-6-12-13(9(3)4)14-10(17(20)21)7-11(18)15(19)16(14)22-12/h7-9,17,22H,5-6H2,1-4H3. The van der Waals surface area contributed by atoms with E-state index in [1.165, 1.54) is 6.07 Å². The summed E-state index contributed by atoms with van der Waals surface area (Å²) in [4.78, 5) is 3.26. The molecule has 22 heavy (non-hydrogen) atoms. The van der Waals surface area contributed by atoms with Gasteiger partial charge in [-0.3, -0.25) is 0 Å². The minimum absolute atomic E-state index is 0.0415. The van der Waals surface area contributed by atoms with E-state index in [1.807, 2.05) is 13.8 Å². The van der Waals surface area contributed by atoms with Crippen LogP contribution in [0.2, 0.25) is 10.0 Å². The van der Waals surface area contributed by atoms with E-state index >= 15 is 0 Å². The SMILES string of the molecule is CC(C)CCc1[nH]c2c(Cl)c(Cl)cc(C(F)F)c2c1C(C)C. The van der Waals surface area contributed by atoms with Crippen LogP contribution in [0.5, 0.6) is 0 Å². The summed E-state index contributed by atoms with van der Waals surface area (Å²) in [5.74, 6) is 0.672. The molecule has 0 aliphatic carbocycles. The van der Waals surface area contributed by atoms with Crippen LogP contribution in [0.1, 0.15) is 63.3 Å². The lowest BCUT2D eigenvalue weighted by atomic mass is 9.93. The zero-order valence-corrected chi connectivity index (χ0v) is 14.7. The van der Waals surface area contributed by atoms with Crippen LogP contribution in [-0.2, 0) is 6.42 Å². The Morgan fingerprint density at radius 1 is 1.14 bits per heavy atom. The molecular formula is C17H21Cl2F2N. The molecule has 122 valence electrons. The molecule has 1 nitrogen and oxygen atoms in total. The molecule has 0 spiro atoms. The van der Waals surface area contributed by atoms with Gasteiger partial charge in [-0.2, -0.15) is 0 Å². The van der Waals surface area contributed by atoms with Gasteiger partial charge in [0.1, 0.15) is 0 Å². The summed E-state index contributed by atoms with van der Waals surface area (Å²) >= 11 is 12.3.